The smallest absolute Gasteiger partial charge is 0.274 e. The van der Waals surface area contributed by atoms with Crippen molar-refractivity contribution in [2.24, 2.45) is 5.92 Å². The average Bonchev–Trinajstić information content (AvgIpc) is 3.24. The molecule has 8 nitrogen and oxygen atoms in total. The van der Waals surface area contributed by atoms with Crippen LogP contribution in [0.3, 0.4) is 0 Å². The molecule has 0 bridgehead atoms. The lowest BCUT2D eigenvalue weighted by Gasteiger charge is -2.27. The van der Waals surface area contributed by atoms with E-state index in [1.54, 1.807) is 0 Å². The van der Waals surface area contributed by atoms with E-state index in [4.69, 9.17) is 4.98 Å². The fourth-order valence-electron chi connectivity index (χ4n) is 5.07. The number of nitrogens with zero attached hydrogens (tertiary/aromatic N) is 5. The number of fused-ring (bicyclic) bond motifs is 2. The summed E-state index contributed by atoms with van der Waals surface area (Å²) >= 11 is 3.04. The standard InChI is InChI=1S/C25H26N6O2S2/c1-14-20(30-9-10-34-25(30)27-14)22(32)26-13-17-11-16-12-18(16)31(17)23(33)19-21(15-7-5-4-6-8-15)35-24(28-19)29(2)3/h4-10,16-18H,11-13H2,1-3H3,(H,26,32)/t16-,17+,18+/m1/s1. The number of amides is 2. The highest BCUT2D eigenvalue weighted by Crippen LogP contribution is 2.49. The molecule has 1 aliphatic heterocycles. The van der Waals surface area contributed by atoms with E-state index in [0.717, 1.165) is 33.4 Å². The summed E-state index contributed by atoms with van der Waals surface area (Å²) in [4.78, 5) is 41.8. The van der Waals surface area contributed by atoms with Gasteiger partial charge in [0.2, 0.25) is 0 Å². The molecule has 10 heteroatoms. The van der Waals surface area contributed by atoms with Crippen molar-refractivity contribution in [1.29, 1.82) is 0 Å². The highest BCUT2D eigenvalue weighted by atomic mass is 32.1. The van der Waals surface area contributed by atoms with Crippen LogP contribution in [0.5, 0.6) is 0 Å². The maximum atomic E-state index is 13.9. The van der Waals surface area contributed by atoms with E-state index < -0.39 is 0 Å². The third-order valence-corrected chi connectivity index (χ3v) is 8.86. The first kappa shape index (κ1) is 22.2. The van der Waals surface area contributed by atoms with E-state index in [-0.39, 0.29) is 23.9 Å². The zero-order chi connectivity index (χ0) is 24.3. The van der Waals surface area contributed by atoms with Crippen molar-refractivity contribution in [3.05, 3.63) is 59.0 Å². The van der Waals surface area contributed by atoms with E-state index in [9.17, 15) is 9.59 Å². The topological polar surface area (TPSA) is 82.8 Å². The molecule has 35 heavy (non-hydrogen) atoms. The summed E-state index contributed by atoms with van der Waals surface area (Å²) in [6.45, 7) is 2.27. The van der Waals surface area contributed by atoms with Crippen LogP contribution in [0.25, 0.3) is 15.4 Å². The van der Waals surface area contributed by atoms with E-state index in [2.05, 4.69) is 10.3 Å². The van der Waals surface area contributed by atoms with Gasteiger partial charge in [0.15, 0.2) is 10.1 Å². The highest BCUT2D eigenvalue weighted by Gasteiger charge is 2.54. The number of anilines is 1. The van der Waals surface area contributed by atoms with Crippen LogP contribution in [0, 0.1) is 12.8 Å². The zero-order valence-electron chi connectivity index (χ0n) is 19.8. The summed E-state index contributed by atoms with van der Waals surface area (Å²) in [5.41, 5.74) is 2.76. The number of hydrogen-bond acceptors (Lipinski definition) is 7. The van der Waals surface area contributed by atoms with Gasteiger partial charge in [-0.1, -0.05) is 41.7 Å². The quantitative estimate of drug-likeness (QED) is 0.429. The van der Waals surface area contributed by atoms with Crippen molar-refractivity contribution in [1.82, 2.24) is 24.6 Å². The van der Waals surface area contributed by atoms with Crippen molar-refractivity contribution < 1.29 is 9.59 Å². The second-order valence-electron chi connectivity index (χ2n) is 9.41. The summed E-state index contributed by atoms with van der Waals surface area (Å²) < 4.78 is 1.83. The monoisotopic (exact) mass is 506 g/mol. The predicted molar refractivity (Wildman–Crippen MR) is 138 cm³/mol. The lowest BCUT2D eigenvalue weighted by atomic mass is 10.1. The Balaban J connectivity index is 1.25. The molecule has 0 radical (unpaired) electrons. The molecule has 6 rings (SSSR count). The van der Waals surface area contributed by atoms with E-state index in [1.807, 2.05) is 77.1 Å². The van der Waals surface area contributed by atoms with Crippen LogP contribution < -0.4 is 10.2 Å². The van der Waals surface area contributed by atoms with Gasteiger partial charge in [-0.25, -0.2) is 9.97 Å². The summed E-state index contributed by atoms with van der Waals surface area (Å²) in [6.07, 6.45) is 3.80. The van der Waals surface area contributed by atoms with Gasteiger partial charge >= 0.3 is 0 Å². The Bertz CT molecular complexity index is 1420. The molecule has 1 saturated carbocycles. The summed E-state index contributed by atoms with van der Waals surface area (Å²) in [6, 6.07) is 10.2. The zero-order valence-corrected chi connectivity index (χ0v) is 21.4. The molecule has 4 heterocycles. The summed E-state index contributed by atoms with van der Waals surface area (Å²) in [7, 11) is 3.88. The minimum atomic E-state index is -0.158. The molecule has 2 amide bonds. The van der Waals surface area contributed by atoms with Gasteiger partial charge < -0.3 is 15.1 Å². The van der Waals surface area contributed by atoms with Crippen LogP contribution in [0.15, 0.2) is 41.9 Å². The van der Waals surface area contributed by atoms with Crippen LogP contribution in [0.4, 0.5) is 5.13 Å². The normalized spacial score (nSPS) is 20.8. The second kappa shape index (κ2) is 8.46. The predicted octanol–water partition coefficient (Wildman–Crippen LogP) is 3.93. The van der Waals surface area contributed by atoms with Gasteiger partial charge in [0.1, 0.15) is 11.4 Å². The number of benzene rings is 1. The third kappa shape index (κ3) is 3.81. The minimum absolute atomic E-state index is 0.0433. The molecule has 1 saturated heterocycles. The molecule has 2 fully saturated rings. The Morgan fingerprint density at radius 1 is 1.17 bits per heavy atom. The van der Waals surface area contributed by atoms with Gasteiger partial charge in [-0.15, -0.1) is 11.3 Å². The fraction of sp³-hybridized carbons (Fsp3) is 0.360. The maximum absolute atomic E-state index is 13.9. The summed E-state index contributed by atoms with van der Waals surface area (Å²) in [5, 5.41) is 5.81. The van der Waals surface area contributed by atoms with E-state index in [0.29, 0.717) is 29.5 Å². The summed E-state index contributed by atoms with van der Waals surface area (Å²) in [5.74, 6) is 0.307. The Hall–Kier alpha value is -3.24. The SMILES string of the molecule is Cc1nc2sccn2c1C(=O)NC[C@@H]1C[C@@H]2C[C@@H]2N1C(=O)c1nc(N(C)C)sc1-c1ccccc1. The largest absolute Gasteiger partial charge is 0.354 e. The first-order chi connectivity index (χ1) is 16.9. The van der Waals surface area contributed by atoms with Crippen molar-refractivity contribution >= 4 is 44.6 Å². The van der Waals surface area contributed by atoms with E-state index in [1.165, 1.54) is 22.7 Å². The molecule has 1 aliphatic carbocycles. The van der Waals surface area contributed by atoms with Gasteiger partial charge in [0.05, 0.1) is 16.6 Å². The van der Waals surface area contributed by atoms with Crippen molar-refractivity contribution in [2.75, 3.05) is 25.5 Å². The Labute approximate surface area is 211 Å². The number of hydrogen-bond donors (Lipinski definition) is 1. The fourth-order valence-corrected chi connectivity index (χ4v) is 6.82. The van der Waals surface area contributed by atoms with Gasteiger partial charge in [0, 0.05) is 38.3 Å². The molecule has 3 atom stereocenters. The number of nitrogens with one attached hydrogen (secondary N) is 1. The molecule has 4 aromatic rings. The van der Waals surface area contributed by atoms with Gasteiger partial charge in [-0.2, -0.15) is 0 Å². The lowest BCUT2D eigenvalue weighted by molar-refractivity contribution is 0.0684. The first-order valence-electron chi connectivity index (χ1n) is 11.7. The van der Waals surface area contributed by atoms with Crippen LogP contribution in [0.2, 0.25) is 0 Å². The molecular weight excluding hydrogens is 480 g/mol. The average molecular weight is 507 g/mol. The molecule has 0 spiro atoms. The number of aromatic nitrogens is 3. The van der Waals surface area contributed by atoms with Gasteiger partial charge in [-0.05, 0) is 31.2 Å². The molecule has 1 aromatic carbocycles. The molecule has 2 aliphatic rings. The lowest BCUT2D eigenvalue weighted by Crippen LogP contribution is -2.45. The number of thiazole rings is 2. The second-order valence-corrected chi connectivity index (χ2v) is 11.3. The third-order valence-electron chi connectivity index (χ3n) is 6.83. The molecule has 180 valence electrons. The van der Waals surface area contributed by atoms with Crippen molar-refractivity contribution in [3.63, 3.8) is 0 Å². The van der Waals surface area contributed by atoms with Gasteiger partial charge in [-0.3, -0.25) is 14.0 Å². The molecule has 1 N–H and O–H groups in total. The van der Waals surface area contributed by atoms with Gasteiger partial charge in [0.25, 0.3) is 11.8 Å². The Morgan fingerprint density at radius 3 is 2.74 bits per heavy atom. The van der Waals surface area contributed by atoms with Crippen LogP contribution in [-0.4, -0.2) is 63.8 Å². The molecule has 3 aromatic heterocycles. The first-order valence-corrected chi connectivity index (χ1v) is 13.4. The van der Waals surface area contributed by atoms with Crippen LogP contribution >= 0.6 is 22.7 Å². The molecular formula is C25H26N6O2S2. The number of carbonyl (C=O) groups is 2. The highest BCUT2D eigenvalue weighted by molar-refractivity contribution is 7.19. The number of piperidine rings is 1. The number of likely N-dealkylation sites (tertiary alicyclic amines) is 1. The van der Waals surface area contributed by atoms with E-state index >= 15 is 0 Å². The van der Waals surface area contributed by atoms with Crippen LogP contribution in [-0.2, 0) is 0 Å². The van der Waals surface area contributed by atoms with Crippen molar-refractivity contribution in [2.45, 2.75) is 31.8 Å². The number of rotatable bonds is 6. The number of carbonyl (C=O) groups excluding carboxylic acids is 2. The van der Waals surface area contributed by atoms with Crippen LogP contribution in [0.1, 0.15) is 39.5 Å². The number of aryl methyl sites for hydroxylation is 1. The Morgan fingerprint density at radius 2 is 1.97 bits per heavy atom. The maximum Gasteiger partial charge on any atom is 0.274 e. The van der Waals surface area contributed by atoms with Crippen molar-refractivity contribution in [3.8, 4) is 10.4 Å². The minimum Gasteiger partial charge on any atom is -0.354 e. The Kier molecular flexibility index (Phi) is 5.37. The number of imidazole rings is 1. The molecule has 0 unspecified atom stereocenters.